The number of para-hydroxylation sites is 1. The highest BCUT2D eigenvalue weighted by Gasteiger charge is 2.06. The first-order valence-electron chi connectivity index (χ1n) is 5.80. The van der Waals surface area contributed by atoms with E-state index < -0.39 is 6.10 Å². The van der Waals surface area contributed by atoms with Gasteiger partial charge in [-0.25, -0.2) is 0 Å². The number of rotatable bonds is 4. The lowest BCUT2D eigenvalue weighted by Gasteiger charge is -2.14. The van der Waals surface area contributed by atoms with E-state index in [1.165, 1.54) is 5.56 Å². The molecule has 0 saturated heterocycles. The summed E-state index contributed by atoms with van der Waals surface area (Å²) in [5.41, 5.74) is 3.20. The molecule has 0 amide bonds. The first-order chi connectivity index (χ1) is 8.27. The van der Waals surface area contributed by atoms with Crippen molar-refractivity contribution < 1.29 is 5.11 Å². The highest BCUT2D eigenvalue weighted by molar-refractivity contribution is 5.50. The minimum Gasteiger partial charge on any atom is -0.387 e. The summed E-state index contributed by atoms with van der Waals surface area (Å²) in [5.74, 6) is 0. The van der Waals surface area contributed by atoms with Gasteiger partial charge in [-0.3, -0.25) is 0 Å². The molecule has 2 nitrogen and oxygen atoms in total. The molecule has 88 valence electrons. The van der Waals surface area contributed by atoms with Crippen molar-refractivity contribution >= 4 is 5.69 Å². The van der Waals surface area contributed by atoms with E-state index in [1.54, 1.807) is 0 Å². The van der Waals surface area contributed by atoms with Gasteiger partial charge in [-0.1, -0.05) is 48.5 Å². The van der Waals surface area contributed by atoms with E-state index in [0.717, 1.165) is 11.3 Å². The van der Waals surface area contributed by atoms with Crippen LogP contribution in [-0.2, 0) is 0 Å². The Bertz CT molecular complexity index is 467. The number of benzene rings is 2. The topological polar surface area (TPSA) is 32.3 Å². The van der Waals surface area contributed by atoms with Gasteiger partial charge in [0.2, 0.25) is 0 Å². The molecule has 0 aliphatic rings. The van der Waals surface area contributed by atoms with Crippen LogP contribution in [0.1, 0.15) is 17.2 Å². The fourth-order valence-corrected chi connectivity index (χ4v) is 1.77. The van der Waals surface area contributed by atoms with Crippen LogP contribution in [0.2, 0.25) is 0 Å². The van der Waals surface area contributed by atoms with E-state index in [4.69, 9.17) is 0 Å². The van der Waals surface area contributed by atoms with Gasteiger partial charge in [0.05, 0.1) is 6.10 Å². The van der Waals surface area contributed by atoms with Gasteiger partial charge in [-0.2, -0.15) is 0 Å². The van der Waals surface area contributed by atoms with E-state index in [1.807, 2.05) is 48.5 Å². The lowest BCUT2D eigenvalue weighted by Crippen LogP contribution is -2.12. The molecule has 0 spiro atoms. The average Bonchev–Trinajstić information content (AvgIpc) is 2.38. The van der Waals surface area contributed by atoms with Crippen molar-refractivity contribution in [3.63, 3.8) is 0 Å². The first-order valence-corrected chi connectivity index (χ1v) is 5.80. The predicted molar refractivity (Wildman–Crippen MR) is 71.1 cm³/mol. The summed E-state index contributed by atoms with van der Waals surface area (Å²) in [6.07, 6.45) is -0.476. The lowest BCUT2D eigenvalue weighted by atomic mass is 10.1. The number of aliphatic hydroxyl groups is 1. The Hall–Kier alpha value is -1.80. The van der Waals surface area contributed by atoms with E-state index in [0.29, 0.717) is 6.54 Å². The van der Waals surface area contributed by atoms with Crippen molar-refractivity contribution in [1.29, 1.82) is 0 Å². The smallest absolute Gasteiger partial charge is 0.0962 e. The maximum absolute atomic E-state index is 10.0. The van der Waals surface area contributed by atoms with Gasteiger partial charge in [0.25, 0.3) is 0 Å². The van der Waals surface area contributed by atoms with Gasteiger partial charge in [0.15, 0.2) is 0 Å². The summed E-state index contributed by atoms with van der Waals surface area (Å²) in [5, 5.41) is 13.3. The van der Waals surface area contributed by atoms with Crippen LogP contribution in [0, 0.1) is 6.92 Å². The van der Waals surface area contributed by atoms with Crippen LogP contribution in [0.15, 0.2) is 54.6 Å². The Morgan fingerprint density at radius 1 is 1.00 bits per heavy atom. The third-order valence-corrected chi connectivity index (χ3v) is 2.82. The SMILES string of the molecule is Cc1ccccc1NC[C@@H](O)c1ccccc1. The van der Waals surface area contributed by atoms with Crippen molar-refractivity contribution in [3.05, 3.63) is 65.7 Å². The van der Waals surface area contributed by atoms with Gasteiger partial charge in [0.1, 0.15) is 0 Å². The van der Waals surface area contributed by atoms with E-state index in [9.17, 15) is 5.11 Å². The molecule has 2 rings (SSSR count). The fraction of sp³-hybridized carbons (Fsp3) is 0.200. The number of hydrogen-bond acceptors (Lipinski definition) is 2. The molecule has 0 aliphatic heterocycles. The second-order valence-electron chi connectivity index (χ2n) is 4.12. The molecule has 1 atom stereocenters. The predicted octanol–water partition coefficient (Wildman–Crippen LogP) is 3.14. The molecule has 2 aromatic carbocycles. The summed E-state index contributed by atoms with van der Waals surface area (Å²) in [6, 6.07) is 17.8. The van der Waals surface area contributed by atoms with Crippen LogP contribution in [0.5, 0.6) is 0 Å². The van der Waals surface area contributed by atoms with Crippen molar-refractivity contribution in [2.75, 3.05) is 11.9 Å². The van der Waals surface area contributed by atoms with E-state index >= 15 is 0 Å². The number of aliphatic hydroxyl groups excluding tert-OH is 1. The second-order valence-corrected chi connectivity index (χ2v) is 4.12. The Labute approximate surface area is 102 Å². The van der Waals surface area contributed by atoms with Crippen molar-refractivity contribution in [2.24, 2.45) is 0 Å². The van der Waals surface area contributed by atoms with Crippen LogP contribution in [-0.4, -0.2) is 11.7 Å². The van der Waals surface area contributed by atoms with Gasteiger partial charge < -0.3 is 10.4 Å². The molecule has 0 unspecified atom stereocenters. The van der Waals surface area contributed by atoms with Crippen molar-refractivity contribution in [3.8, 4) is 0 Å². The van der Waals surface area contributed by atoms with Crippen LogP contribution in [0.25, 0.3) is 0 Å². The molecule has 2 heteroatoms. The molecule has 2 N–H and O–H groups in total. The molecule has 2 aromatic rings. The maximum Gasteiger partial charge on any atom is 0.0962 e. The van der Waals surface area contributed by atoms with Gasteiger partial charge in [-0.15, -0.1) is 0 Å². The summed E-state index contributed by atoms with van der Waals surface area (Å²) in [6.45, 7) is 2.58. The standard InChI is InChI=1S/C15H17NO/c1-12-7-5-6-10-14(12)16-11-15(17)13-8-3-2-4-9-13/h2-10,15-17H,11H2,1H3/t15-/m1/s1. The molecular formula is C15H17NO. The molecule has 0 bridgehead atoms. The average molecular weight is 227 g/mol. The first kappa shape index (κ1) is 11.7. The molecule has 0 aromatic heterocycles. The second kappa shape index (κ2) is 5.51. The maximum atomic E-state index is 10.0. The Balaban J connectivity index is 1.97. The van der Waals surface area contributed by atoms with E-state index in [2.05, 4.69) is 18.3 Å². The van der Waals surface area contributed by atoms with Gasteiger partial charge in [-0.05, 0) is 24.1 Å². The molecule has 0 saturated carbocycles. The third kappa shape index (κ3) is 3.08. The largest absolute Gasteiger partial charge is 0.387 e. The molecule has 17 heavy (non-hydrogen) atoms. The van der Waals surface area contributed by atoms with Crippen molar-refractivity contribution in [2.45, 2.75) is 13.0 Å². The number of aryl methyl sites for hydroxylation is 1. The fourth-order valence-electron chi connectivity index (χ4n) is 1.77. The van der Waals surface area contributed by atoms with Crippen LogP contribution < -0.4 is 5.32 Å². The van der Waals surface area contributed by atoms with Gasteiger partial charge in [0, 0.05) is 12.2 Å². The number of nitrogens with one attached hydrogen (secondary N) is 1. The number of anilines is 1. The molecular weight excluding hydrogens is 210 g/mol. The zero-order valence-corrected chi connectivity index (χ0v) is 9.93. The highest BCUT2D eigenvalue weighted by atomic mass is 16.3. The lowest BCUT2D eigenvalue weighted by molar-refractivity contribution is 0.191. The summed E-state index contributed by atoms with van der Waals surface area (Å²) in [7, 11) is 0. The Kier molecular flexibility index (Phi) is 3.78. The zero-order valence-electron chi connectivity index (χ0n) is 9.93. The molecule has 0 heterocycles. The van der Waals surface area contributed by atoms with E-state index in [-0.39, 0.29) is 0 Å². The quantitative estimate of drug-likeness (QED) is 0.841. The third-order valence-electron chi connectivity index (χ3n) is 2.82. The minimum absolute atomic E-state index is 0.476. The zero-order chi connectivity index (χ0) is 12.1. The monoisotopic (exact) mass is 227 g/mol. The summed E-state index contributed by atoms with van der Waals surface area (Å²) < 4.78 is 0. The molecule has 0 radical (unpaired) electrons. The van der Waals surface area contributed by atoms with Crippen LogP contribution in [0.3, 0.4) is 0 Å². The van der Waals surface area contributed by atoms with Crippen molar-refractivity contribution in [1.82, 2.24) is 0 Å². The summed E-state index contributed by atoms with van der Waals surface area (Å²) >= 11 is 0. The Morgan fingerprint density at radius 2 is 1.65 bits per heavy atom. The normalized spacial score (nSPS) is 12.1. The Morgan fingerprint density at radius 3 is 2.35 bits per heavy atom. The minimum atomic E-state index is -0.476. The van der Waals surface area contributed by atoms with Crippen LogP contribution in [0.4, 0.5) is 5.69 Å². The summed E-state index contributed by atoms with van der Waals surface area (Å²) in [4.78, 5) is 0. The highest BCUT2D eigenvalue weighted by Crippen LogP contribution is 2.16. The molecule has 0 fully saturated rings. The number of hydrogen-bond donors (Lipinski definition) is 2. The molecule has 0 aliphatic carbocycles. The van der Waals surface area contributed by atoms with Crippen LogP contribution >= 0.6 is 0 Å². The van der Waals surface area contributed by atoms with Gasteiger partial charge >= 0.3 is 0 Å².